The van der Waals surface area contributed by atoms with Gasteiger partial charge in [-0.05, 0) is 19.3 Å². The first kappa shape index (κ1) is 12.7. The number of urea groups is 1. The SMILES string of the molecule is O=C(Nc1cc(F)c(F)cc1F)N1CCCCC1. The Balaban J connectivity index is 2.08. The van der Waals surface area contributed by atoms with E-state index in [2.05, 4.69) is 5.32 Å². The first-order valence-corrected chi connectivity index (χ1v) is 5.78. The zero-order valence-corrected chi connectivity index (χ0v) is 9.68. The van der Waals surface area contributed by atoms with E-state index >= 15 is 0 Å². The lowest BCUT2D eigenvalue weighted by molar-refractivity contribution is 0.200. The van der Waals surface area contributed by atoms with Gasteiger partial charge in [0.15, 0.2) is 11.6 Å². The van der Waals surface area contributed by atoms with E-state index in [1.165, 1.54) is 4.90 Å². The van der Waals surface area contributed by atoms with Crippen LogP contribution in [0.1, 0.15) is 19.3 Å². The Kier molecular flexibility index (Phi) is 3.74. The van der Waals surface area contributed by atoms with Crippen molar-refractivity contribution in [2.45, 2.75) is 19.3 Å². The minimum Gasteiger partial charge on any atom is -0.325 e. The minimum atomic E-state index is -1.27. The molecule has 0 saturated carbocycles. The normalized spacial score (nSPS) is 15.6. The van der Waals surface area contributed by atoms with Gasteiger partial charge in [-0.3, -0.25) is 0 Å². The van der Waals surface area contributed by atoms with E-state index < -0.39 is 23.5 Å². The predicted molar refractivity (Wildman–Crippen MR) is 60.8 cm³/mol. The third kappa shape index (κ3) is 2.75. The molecule has 1 heterocycles. The van der Waals surface area contributed by atoms with E-state index in [0.717, 1.165) is 19.3 Å². The zero-order chi connectivity index (χ0) is 13.1. The average molecular weight is 258 g/mol. The van der Waals surface area contributed by atoms with Gasteiger partial charge in [0.25, 0.3) is 0 Å². The number of carbonyl (C=O) groups excluding carboxylic acids is 1. The van der Waals surface area contributed by atoms with Crippen LogP contribution in [0, 0.1) is 17.5 Å². The summed E-state index contributed by atoms with van der Waals surface area (Å²) in [6.07, 6.45) is 2.85. The highest BCUT2D eigenvalue weighted by molar-refractivity contribution is 5.89. The van der Waals surface area contributed by atoms with Crippen LogP contribution < -0.4 is 5.32 Å². The largest absolute Gasteiger partial charge is 0.325 e. The number of amides is 2. The lowest BCUT2D eigenvalue weighted by atomic mass is 10.1. The first-order valence-electron chi connectivity index (χ1n) is 5.78. The van der Waals surface area contributed by atoms with Crippen LogP contribution in [0.4, 0.5) is 23.7 Å². The van der Waals surface area contributed by atoms with Crippen molar-refractivity contribution >= 4 is 11.7 Å². The fourth-order valence-electron chi connectivity index (χ4n) is 1.91. The molecular weight excluding hydrogens is 245 g/mol. The van der Waals surface area contributed by atoms with Crippen molar-refractivity contribution in [2.75, 3.05) is 18.4 Å². The molecule has 18 heavy (non-hydrogen) atoms. The second kappa shape index (κ2) is 5.29. The fraction of sp³-hybridized carbons (Fsp3) is 0.417. The second-order valence-electron chi connectivity index (χ2n) is 4.22. The van der Waals surface area contributed by atoms with E-state index in [9.17, 15) is 18.0 Å². The summed E-state index contributed by atoms with van der Waals surface area (Å²) in [5.41, 5.74) is -0.343. The first-order chi connectivity index (χ1) is 8.58. The maximum absolute atomic E-state index is 13.3. The molecule has 1 saturated heterocycles. The monoisotopic (exact) mass is 258 g/mol. The third-order valence-corrected chi connectivity index (χ3v) is 2.89. The van der Waals surface area contributed by atoms with E-state index in [4.69, 9.17) is 0 Å². The van der Waals surface area contributed by atoms with E-state index in [1.54, 1.807) is 0 Å². The van der Waals surface area contributed by atoms with Gasteiger partial charge in [-0.1, -0.05) is 0 Å². The molecule has 1 fully saturated rings. The maximum Gasteiger partial charge on any atom is 0.321 e. The van der Waals surface area contributed by atoms with Crippen molar-refractivity contribution in [3.05, 3.63) is 29.6 Å². The number of nitrogens with zero attached hydrogens (tertiary/aromatic N) is 1. The summed E-state index contributed by atoms with van der Waals surface area (Å²) in [4.78, 5) is 13.3. The number of halogens is 3. The third-order valence-electron chi connectivity index (χ3n) is 2.89. The molecule has 1 aliphatic rings. The number of piperidine rings is 1. The topological polar surface area (TPSA) is 32.3 Å². The summed E-state index contributed by atoms with van der Waals surface area (Å²) in [6, 6.07) is 0.577. The zero-order valence-electron chi connectivity index (χ0n) is 9.68. The van der Waals surface area contributed by atoms with Crippen LogP contribution in [-0.2, 0) is 0 Å². The molecule has 2 amide bonds. The van der Waals surface area contributed by atoms with Crippen LogP contribution in [0.2, 0.25) is 0 Å². The van der Waals surface area contributed by atoms with Gasteiger partial charge < -0.3 is 10.2 Å². The quantitative estimate of drug-likeness (QED) is 0.771. The number of hydrogen-bond donors (Lipinski definition) is 1. The highest BCUT2D eigenvalue weighted by Crippen LogP contribution is 2.19. The number of benzene rings is 1. The molecular formula is C12H13F3N2O. The smallest absolute Gasteiger partial charge is 0.321 e. The molecule has 0 spiro atoms. The van der Waals surface area contributed by atoms with E-state index in [-0.39, 0.29) is 5.69 Å². The van der Waals surface area contributed by atoms with E-state index in [0.29, 0.717) is 25.2 Å². The van der Waals surface area contributed by atoms with Crippen LogP contribution in [0.5, 0.6) is 0 Å². The Labute approximate surface area is 103 Å². The molecule has 0 atom stereocenters. The fourth-order valence-corrected chi connectivity index (χ4v) is 1.91. The van der Waals surface area contributed by atoms with Gasteiger partial charge in [-0.25, -0.2) is 18.0 Å². The summed E-state index contributed by atoms with van der Waals surface area (Å²) in [6.45, 7) is 1.19. The summed E-state index contributed by atoms with van der Waals surface area (Å²) < 4.78 is 39.0. The molecule has 1 N–H and O–H groups in total. The van der Waals surface area contributed by atoms with E-state index in [1.807, 2.05) is 0 Å². The number of carbonyl (C=O) groups is 1. The summed E-state index contributed by atoms with van der Waals surface area (Å²) in [5.74, 6) is -3.45. The van der Waals surface area contributed by atoms with Crippen LogP contribution in [0.3, 0.4) is 0 Å². The number of likely N-dealkylation sites (tertiary alicyclic amines) is 1. The van der Waals surface area contributed by atoms with Gasteiger partial charge in [-0.15, -0.1) is 0 Å². The van der Waals surface area contributed by atoms with Gasteiger partial charge in [-0.2, -0.15) is 0 Å². The Morgan fingerprint density at radius 1 is 1.00 bits per heavy atom. The van der Waals surface area contributed by atoms with Gasteiger partial charge in [0, 0.05) is 25.2 Å². The van der Waals surface area contributed by atoms with Crippen LogP contribution in [0.15, 0.2) is 12.1 Å². The van der Waals surface area contributed by atoms with Gasteiger partial charge in [0.05, 0.1) is 5.69 Å². The van der Waals surface area contributed by atoms with Crippen molar-refractivity contribution in [3.8, 4) is 0 Å². The predicted octanol–water partition coefficient (Wildman–Crippen LogP) is 3.12. The van der Waals surface area contributed by atoms with Gasteiger partial charge in [0.1, 0.15) is 5.82 Å². The van der Waals surface area contributed by atoms with Crippen molar-refractivity contribution < 1.29 is 18.0 Å². The number of rotatable bonds is 1. The Hall–Kier alpha value is -1.72. The molecule has 2 rings (SSSR count). The van der Waals surface area contributed by atoms with Gasteiger partial charge in [0.2, 0.25) is 0 Å². The molecule has 1 aliphatic heterocycles. The minimum absolute atomic E-state index is 0.343. The maximum atomic E-state index is 13.3. The molecule has 0 unspecified atom stereocenters. The molecule has 0 bridgehead atoms. The van der Waals surface area contributed by atoms with Gasteiger partial charge >= 0.3 is 6.03 Å². The molecule has 1 aromatic carbocycles. The number of hydrogen-bond acceptors (Lipinski definition) is 1. The van der Waals surface area contributed by atoms with Crippen molar-refractivity contribution in [1.29, 1.82) is 0 Å². The Morgan fingerprint density at radius 2 is 1.61 bits per heavy atom. The van der Waals surface area contributed by atoms with Crippen LogP contribution >= 0.6 is 0 Å². The molecule has 0 radical (unpaired) electrons. The lowest BCUT2D eigenvalue weighted by Crippen LogP contribution is -2.38. The lowest BCUT2D eigenvalue weighted by Gasteiger charge is -2.26. The Bertz CT molecular complexity index is 459. The molecule has 3 nitrogen and oxygen atoms in total. The summed E-state index contributed by atoms with van der Waals surface area (Å²) >= 11 is 0. The molecule has 6 heteroatoms. The number of nitrogens with one attached hydrogen (secondary N) is 1. The van der Waals surface area contributed by atoms with Crippen LogP contribution in [0.25, 0.3) is 0 Å². The van der Waals surface area contributed by atoms with Crippen LogP contribution in [-0.4, -0.2) is 24.0 Å². The molecule has 0 aliphatic carbocycles. The summed E-state index contributed by atoms with van der Waals surface area (Å²) in [7, 11) is 0. The van der Waals surface area contributed by atoms with Crippen molar-refractivity contribution in [3.63, 3.8) is 0 Å². The average Bonchev–Trinajstić information content (AvgIpc) is 2.37. The molecule has 98 valence electrons. The highest BCUT2D eigenvalue weighted by atomic mass is 19.2. The highest BCUT2D eigenvalue weighted by Gasteiger charge is 2.18. The number of anilines is 1. The van der Waals surface area contributed by atoms with Crippen molar-refractivity contribution in [2.24, 2.45) is 0 Å². The molecule has 1 aromatic rings. The second-order valence-corrected chi connectivity index (χ2v) is 4.22. The molecule has 0 aromatic heterocycles. The van der Waals surface area contributed by atoms with Crippen molar-refractivity contribution in [1.82, 2.24) is 4.90 Å². The standard InChI is InChI=1S/C12H13F3N2O/c13-8-6-10(15)11(7-9(8)14)16-12(18)17-4-2-1-3-5-17/h6-7H,1-5H2,(H,16,18). The summed E-state index contributed by atoms with van der Waals surface area (Å²) in [5, 5.41) is 2.25. The Morgan fingerprint density at radius 3 is 2.28 bits per heavy atom.